The number of anilines is 3. The highest BCUT2D eigenvalue weighted by Crippen LogP contribution is 2.23. The topological polar surface area (TPSA) is 138 Å². The van der Waals surface area contributed by atoms with Crippen molar-refractivity contribution in [3.05, 3.63) is 70.9 Å². The average Bonchev–Trinajstić information content (AvgIpc) is 3.27. The van der Waals surface area contributed by atoms with Crippen molar-refractivity contribution in [2.45, 2.75) is 25.0 Å². The number of hydrogen-bond acceptors (Lipinski definition) is 8. The summed E-state index contributed by atoms with van der Waals surface area (Å²) in [5.41, 5.74) is 0.587. The first-order valence-corrected chi connectivity index (χ1v) is 10.5. The van der Waals surface area contributed by atoms with Gasteiger partial charge in [-0.25, -0.2) is 9.97 Å². The quantitative estimate of drug-likeness (QED) is 0.348. The molecule has 0 spiro atoms. The fraction of sp³-hybridized carbons (Fsp3) is 0.227. The minimum atomic E-state index is -0.534. The van der Waals surface area contributed by atoms with Crippen molar-refractivity contribution in [1.82, 2.24) is 29.5 Å². The molecule has 4 aromatic heterocycles. The predicted octanol–water partition coefficient (Wildman–Crippen LogP) is 1.31. The molecule has 11 heteroatoms. The van der Waals surface area contributed by atoms with E-state index in [0.717, 1.165) is 6.42 Å². The fourth-order valence-corrected chi connectivity index (χ4v) is 3.67. The maximum absolute atomic E-state index is 13.0. The SMILES string of the molecule is CNc1cc(Nc2cccn(-c3ccccn3)c2=O)nc2c(C(=O)N[C@H]3CC[C@@H]3O)cnn12. The smallest absolute Gasteiger partial charge is 0.279 e. The number of aliphatic hydroxyl groups is 1. The number of carbonyl (C=O) groups excluding carboxylic acids is 1. The third kappa shape index (κ3) is 3.78. The highest BCUT2D eigenvalue weighted by Gasteiger charge is 2.31. The van der Waals surface area contributed by atoms with E-state index in [1.807, 2.05) is 0 Å². The summed E-state index contributed by atoms with van der Waals surface area (Å²) in [6.45, 7) is 0. The molecule has 0 unspecified atom stereocenters. The molecule has 4 aromatic rings. The Bertz CT molecular complexity index is 1380. The van der Waals surface area contributed by atoms with Crippen LogP contribution in [0.25, 0.3) is 11.5 Å². The Hall–Kier alpha value is -4.25. The van der Waals surface area contributed by atoms with Gasteiger partial charge >= 0.3 is 0 Å². The van der Waals surface area contributed by atoms with Gasteiger partial charge in [-0.05, 0) is 37.1 Å². The largest absolute Gasteiger partial charge is 0.391 e. The Balaban J connectivity index is 1.50. The summed E-state index contributed by atoms with van der Waals surface area (Å²) < 4.78 is 2.94. The van der Waals surface area contributed by atoms with Gasteiger partial charge in [0, 0.05) is 25.5 Å². The van der Waals surface area contributed by atoms with Crippen LogP contribution < -0.4 is 21.5 Å². The Morgan fingerprint density at radius 1 is 1.21 bits per heavy atom. The molecule has 1 amide bonds. The second kappa shape index (κ2) is 8.36. The van der Waals surface area contributed by atoms with Crippen molar-refractivity contribution >= 4 is 28.9 Å². The van der Waals surface area contributed by atoms with E-state index in [4.69, 9.17) is 0 Å². The minimum Gasteiger partial charge on any atom is -0.391 e. The third-order valence-electron chi connectivity index (χ3n) is 5.63. The molecular weight excluding hydrogens is 424 g/mol. The zero-order valence-corrected chi connectivity index (χ0v) is 17.8. The molecule has 0 bridgehead atoms. The van der Waals surface area contributed by atoms with Gasteiger partial charge in [0.1, 0.15) is 28.7 Å². The number of amides is 1. The molecule has 1 aliphatic rings. The average molecular weight is 446 g/mol. The van der Waals surface area contributed by atoms with Gasteiger partial charge in [0.25, 0.3) is 11.5 Å². The lowest BCUT2D eigenvalue weighted by Crippen LogP contribution is -2.50. The Morgan fingerprint density at radius 2 is 2.09 bits per heavy atom. The number of aliphatic hydroxyl groups excluding tert-OH is 1. The van der Waals surface area contributed by atoms with Gasteiger partial charge in [0.15, 0.2) is 5.65 Å². The molecule has 4 N–H and O–H groups in total. The van der Waals surface area contributed by atoms with E-state index >= 15 is 0 Å². The van der Waals surface area contributed by atoms with Gasteiger partial charge in [-0.2, -0.15) is 9.61 Å². The molecule has 168 valence electrons. The van der Waals surface area contributed by atoms with E-state index in [1.54, 1.807) is 55.8 Å². The molecule has 4 heterocycles. The molecule has 0 radical (unpaired) electrons. The van der Waals surface area contributed by atoms with E-state index in [9.17, 15) is 14.7 Å². The van der Waals surface area contributed by atoms with Crippen molar-refractivity contribution in [2.75, 3.05) is 17.7 Å². The predicted molar refractivity (Wildman–Crippen MR) is 122 cm³/mol. The normalized spacial score (nSPS) is 17.4. The fourth-order valence-electron chi connectivity index (χ4n) is 3.67. The van der Waals surface area contributed by atoms with Crippen LogP contribution in [0.5, 0.6) is 0 Å². The first kappa shape index (κ1) is 20.6. The number of fused-ring (bicyclic) bond motifs is 1. The molecular formula is C22H22N8O3. The lowest BCUT2D eigenvalue weighted by atomic mass is 9.89. The van der Waals surface area contributed by atoms with Crippen LogP contribution in [0, 0.1) is 0 Å². The standard InChI is InChI=1S/C22H22N8O3/c1-23-19-11-17(26-15-5-4-10-29(22(15)33)18-6-2-3-9-24-18)28-20-13(12-25-30(19)20)21(32)27-14-7-8-16(14)31/h2-6,9-12,14,16,23,31H,7-8H2,1H3,(H,26,28)(H,27,32)/t14-,16-/m0/s1. The van der Waals surface area contributed by atoms with E-state index in [-0.39, 0.29) is 23.1 Å². The van der Waals surface area contributed by atoms with Crippen LogP contribution in [0.1, 0.15) is 23.2 Å². The van der Waals surface area contributed by atoms with Crippen LogP contribution in [-0.2, 0) is 0 Å². The summed E-state index contributed by atoms with van der Waals surface area (Å²) in [6.07, 6.45) is 5.55. The summed E-state index contributed by atoms with van der Waals surface area (Å²) >= 11 is 0. The first-order valence-electron chi connectivity index (χ1n) is 10.5. The number of hydrogen-bond donors (Lipinski definition) is 4. The zero-order chi connectivity index (χ0) is 22.9. The van der Waals surface area contributed by atoms with E-state index < -0.39 is 6.10 Å². The van der Waals surface area contributed by atoms with Gasteiger partial charge in [-0.3, -0.25) is 14.2 Å². The summed E-state index contributed by atoms with van der Waals surface area (Å²) in [5.74, 6) is 1.07. The number of aromatic nitrogens is 5. The number of rotatable bonds is 6. The van der Waals surface area contributed by atoms with Crippen molar-refractivity contribution in [3.63, 3.8) is 0 Å². The van der Waals surface area contributed by atoms with Gasteiger partial charge in [-0.1, -0.05) is 6.07 Å². The van der Waals surface area contributed by atoms with Crippen LogP contribution in [0.3, 0.4) is 0 Å². The maximum atomic E-state index is 13.0. The Labute approximate surface area is 188 Å². The lowest BCUT2D eigenvalue weighted by Gasteiger charge is -2.32. The zero-order valence-electron chi connectivity index (χ0n) is 17.8. The number of nitrogens with zero attached hydrogens (tertiary/aromatic N) is 5. The van der Waals surface area contributed by atoms with E-state index in [2.05, 4.69) is 31.0 Å². The molecule has 2 atom stereocenters. The molecule has 0 saturated heterocycles. The van der Waals surface area contributed by atoms with Gasteiger partial charge < -0.3 is 21.1 Å². The molecule has 0 aliphatic heterocycles. The molecule has 5 rings (SSSR count). The lowest BCUT2D eigenvalue weighted by molar-refractivity contribution is 0.0448. The second-order valence-electron chi connectivity index (χ2n) is 7.70. The van der Waals surface area contributed by atoms with Crippen LogP contribution >= 0.6 is 0 Å². The molecule has 1 saturated carbocycles. The van der Waals surface area contributed by atoms with E-state index in [1.165, 1.54) is 15.3 Å². The summed E-state index contributed by atoms with van der Waals surface area (Å²) in [7, 11) is 1.72. The van der Waals surface area contributed by atoms with Crippen LogP contribution in [0.15, 0.2) is 59.8 Å². The second-order valence-corrected chi connectivity index (χ2v) is 7.70. The molecule has 1 fully saturated rings. The van der Waals surface area contributed by atoms with Crippen molar-refractivity contribution < 1.29 is 9.90 Å². The number of pyridine rings is 2. The molecule has 1 aliphatic carbocycles. The van der Waals surface area contributed by atoms with Gasteiger partial charge in [0.05, 0.1) is 18.3 Å². The Morgan fingerprint density at radius 3 is 2.79 bits per heavy atom. The summed E-state index contributed by atoms with van der Waals surface area (Å²) in [4.78, 5) is 34.6. The van der Waals surface area contributed by atoms with E-state index in [0.29, 0.717) is 35.2 Å². The van der Waals surface area contributed by atoms with Gasteiger partial charge in [0.2, 0.25) is 0 Å². The monoisotopic (exact) mass is 446 g/mol. The number of carbonyl (C=O) groups is 1. The third-order valence-corrected chi connectivity index (χ3v) is 5.63. The minimum absolute atomic E-state index is 0.271. The number of nitrogens with one attached hydrogen (secondary N) is 3. The van der Waals surface area contributed by atoms with Crippen LogP contribution in [-0.4, -0.2) is 54.4 Å². The summed E-state index contributed by atoms with van der Waals surface area (Å²) in [5, 5.41) is 22.9. The van der Waals surface area contributed by atoms with Gasteiger partial charge in [-0.15, -0.1) is 0 Å². The van der Waals surface area contributed by atoms with Crippen molar-refractivity contribution in [1.29, 1.82) is 0 Å². The molecule has 0 aromatic carbocycles. The molecule has 33 heavy (non-hydrogen) atoms. The summed E-state index contributed by atoms with van der Waals surface area (Å²) in [6, 6.07) is 10.1. The highest BCUT2D eigenvalue weighted by molar-refractivity contribution is 6.00. The Kier molecular flexibility index (Phi) is 5.23. The van der Waals surface area contributed by atoms with Crippen LogP contribution in [0.4, 0.5) is 17.3 Å². The molecule has 11 nitrogen and oxygen atoms in total. The highest BCUT2D eigenvalue weighted by atomic mass is 16.3. The van der Waals surface area contributed by atoms with Crippen molar-refractivity contribution in [2.24, 2.45) is 0 Å². The first-order chi connectivity index (χ1) is 16.0. The van der Waals surface area contributed by atoms with Crippen molar-refractivity contribution in [3.8, 4) is 5.82 Å². The maximum Gasteiger partial charge on any atom is 0.279 e. The van der Waals surface area contributed by atoms with Crippen LogP contribution in [0.2, 0.25) is 0 Å².